The Morgan fingerprint density at radius 3 is 2.82 bits per heavy atom. The first-order valence-electron chi connectivity index (χ1n) is 4.23. The van der Waals surface area contributed by atoms with Crippen molar-refractivity contribution in [2.75, 3.05) is 0 Å². The second-order valence-corrected chi connectivity index (χ2v) is 3.57. The SMILES string of the molecule is CC(C)c1cnoc1C1CC1. The van der Waals surface area contributed by atoms with Gasteiger partial charge in [0.15, 0.2) is 0 Å². The van der Waals surface area contributed by atoms with E-state index in [1.807, 2.05) is 6.20 Å². The lowest BCUT2D eigenvalue weighted by atomic mass is 10.0. The Kier molecular flexibility index (Phi) is 1.48. The molecular weight excluding hydrogens is 138 g/mol. The largest absolute Gasteiger partial charge is 0.361 e. The monoisotopic (exact) mass is 151 g/mol. The maximum atomic E-state index is 5.20. The maximum Gasteiger partial charge on any atom is 0.143 e. The van der Waals surface area contributed by atoms with Crippen LogP contribution >= 0.6 is 0 Å². The molecule has 0 N–H and O–H groups in total. The molecule has 1 heterocycles. The zero-order valence-electron chi connectivity index (χ0n) is 7.00. The van der Waals surface area contributed by atoms with Crippen molar-refractivity contribution in [1.29, 1.82) is 0 Å². The summed E-state index contributed by atoms with van der Waals surface area (Å²) in [5.41, 5.74) is 1.30. The molecule has 2 nitrogen and oxygen atoms in total. The third-order valence-electron chi connectivity index (χ3n) is 2.20. The van der Waals surface area contributed by atoms with Crippen LogP contribution in [0.1, 0.15) is 49.8 Å². The highest BCUT2D eigenvalue weighted by atomic mass is 16.5. The third kappa shape index (κ3) is 1.17. The van der Waals surface area contributed by atoms with E-state index in [-0.39, 0.29) is 0 Å². The minimum absolute atomic E-state index is 0.553. The molecule has 1 aliphatic carbocycles. The molecule has 0 bridgehead atoms. The van der Waals surface area contributed by atoms with Gasteiger partial charge in [0.2, 0.25) is 0 Å². The average molecular weight is 151 g/mol. The maximum absolute atomic E-state index is 5.20. The summed E-state index contributed by atoms with van der Waals surface area (Å²) in [6.45, 7) is 4.36. The van der Waals surface area contributed by atoms with E-state index in [0.717, 1.165) is 5.76 Å². The van der Waals surface area contributed by atoms with Gasteiger partial charge in [0, 0.05) is 11.5 Å². The minimum atomic E-state index is 0.553. The quantitative estimate of drug-likeness (QED) is 0.649. The number of nitrogens with zero attached hydrogens (tertiary/aromatic N) is 1. The van der Waals surface area contributed by atoms with Gasteiger partial charge < -0.3 is 4.52 Å². The molecule has 0 aliphatic heterocycles. The molecule has 11 heavy (non-hydrogen) atoms. The van der Waals surface area contributed by atoms with Crippen molar-refractivity contribution >= 4 is 0 Å². The van der Waals surface area contributed by atoms with Crippen LogP contribution in [0, 0.1) is 0 Å². The fraction of sp³-hybridized carbons (Fsp3) is 0.667. The molecule has 2 rings (SSSR count). The molecule has 0 saturated heterocycles. The Morgan fingerprint density at radius 1 is 1.55 bits per heavy atom. The molecule has 60 valence electrons. The fourth-order valence-electron chi connectivity index (χ4n) is 1.35. The lowest BCUT2D eigenvalue weighted by molar-refractivity contribution is 0.382. The molecule has 0 aromatic carbocycles. The van der Waals surface area contributed by atoms with Gasteiger partial charge >= 0.3 is 0 Å². The molecular formula is C9H13NO. The van der Waals surface area contributed by atoms with Crippen molar-refractivity contribution in [3.63, 3.8) is 0 Å². The van der Waals surface area contributed by atoms with E-state index in [1.54, 1.807) is 0 Å². The normalized spacial score (nSPS) is 17.7. The van der Waals surface area contributed by atoms with Crippen molar-refractivity contribution in [2.45, 2.75) is 38.5 Å². The Morgan fingerprint density at radius 2 is 2.27 bits per heavy atom. The smallest absolute Gasteiger partial charge is 0.143 e. The number of hydrogen-bond donors (Lipinski definition) is 0. The summed E-state index contributed by atoms with van der Waals surface area (Å²) in [4.78, 5) is 0. The Balaban J connectivity index is 2.30. The summed E-state index contributed by atoms with van der Waals surface area (Å²) in [5.74, 6) is 2.38. The molecule has 2 heteroatoms. The summed E-state index contributed by atoms with van der Waals surface area (Å²) in [6.07, 6.45) is 4.43. The molecule has 0 amide bonds. The molecule has 0 unspecified atom stereocenters. The Bertz CT molecular complexity index is 231. The van der Waals surface area contributed by atoms with Gasteiger partial charge in [0.25, 0.3) is 0 Å². The van der Waals surface area contributed by atoms with E-state index in [2.05, 4.69) is 19.0 Å². The zero-order valence-corrected chi connectivity index (χ0v) is 7.00. The molecule has 0 spiro atoms. The van der Waals surface area contributed by atoms with Crippen LogP contribution in [0.15, 0.2) is 10.7 Å². The van der Waals surface area contributed by atoms with Crippen molar-refractivity contribution in [2.24, 2.45) is 0 Å². The highest BCUT2D eigenvalue weighted by Crippen LogP contribution is 2.43. The van der Waals surface area contributed by atoms with E-state index in [9.17, 15) is 0 Å². The first-order valence-corrected chi connectivity index (χ1v) is 4.23. The van der Waals surface area contributed by atoms with Crippen LogP contribution in [0.2, 0.25) is 0 Å². The van der Waals surface area contributed by atoms with Gasteiger partial charge in [-0.15, -0.1) is 0 Å². The van der Waals surface area contributed by atoms with Crippen LogP contribution in [0.25, 0.3) is 0 Å². The standard InChI is InChI=1S/C9H13NO/c1-6(2)8-5-10-11-9(8)7-3-4-7/h5-7H,3-4H2,1-2H3. The molecule has 1 saturated carbocycles. The second kappa shape index (κ2) is 2.36. The Hall–Kier alpha value is -0.790. The average Bonchev–Trinajstić information content (AvgIpc) is 2.68. The first-order chi connectivity index (χ1) is 5.29. The lowest BCUT2D eigenvalue weighted by Gasteiger charge is -2.00. The van der Waals surface area contributed by atoms with Gasteiger partial charge in [-0.2, -0.15) is 0 Å². The third-order valence-corrected chi connectivity index (χ3v) is 2.20. The van der Waals surface area contributed by atoms with Crippen molar-refractivity contribution in [3.8, 4) is 0 Å². The van der Waals surface area contributed by atoms with Crippen molar-refractivity contribution in [1.82, 2.24) is 5.16 Å². The van der Waals surface area contributed by atoms with Gasteiger partial charge in [-0.1, -0.05) is 19.0 Å². The number of hydrogen-bond acceptors (Lipinski definition) is 2. The predicted octanol–water partition coefficient (Wildman–Crippen LogP) is 2.68. The molecule has 0 atom stereocenters. The van der Waals surface area contributed by atoms with E-state index in [0.29, 0.717) is 11.8 Å². The van der Waals surface area contributed by atoms with Gasteiger partial charge in [-0.25, -0.2) is 0 Å². The number of aromatic nitrogens is 1. The van der Waals surface area contributed by atoms with E-state index < -0.39 is 0 Å². The summed E-state index contributed by atoms with van der Waals surface area (Å²) >= 11 is 0. The summed E-state index contributed by atoms with van der Waals surface area (Å²) in [7, 11) is 0. The van der Waals surface area contributed by atoms with Crippen LogP contribution in [-0.2, 0) is 0 Å². The van der Waals surface area contributed by atoms with Crippen LogP contribution < -0.4 is 0 Å². The molecule has 0 radical (unpaired) electrons. The zero-order chi connectivity index (χ0) is 7.84. The fourth-order valence-corrected chi connectivity index (χ4v) is 1.35. The van der Waals surface area contributed by atoms with E-state index in [4.69, 9.17) is 4.52 Å². The summed E-state index contributed by atoms with van der Waals surface area (Å²) in [5, 5.41) is 3.83. The van der Waals surface area contributed by atoms with Crippen LogP contribution in [-0.4, -0.2) is 5.16 Å². The van der Waals surface area contributed by atoms with Gasteiger partial charge in [0.05, 0.1) is 6.20 Å². The summed E-state index contributed by atoms with van der Waals surface area (Å²) < 4.78 is 5.20. The molecule has 1 aliphatic rings. The van der Waals surface area contributed by atoms with Crippen LogP contribution in [0.4, 0.5) is 0 Å². The van der Waals surface area contributed by atoms with E-state index in [1.165, 1.54) is 18.4 Å². The van der Waals surface area contributed by atoms with Crippen LogP contribution in [0.3, 0.4) is 0 Å². The lowest BCUT2D eigenvalue weighted by Crippen LogP contribution is -1.88. The minimum Gasteiger partial charge on any atom is -0.361 e. The van der Waals surface area contributed by atoms with Crippen molar-refractivity contribution < 1.29 is 4.52 Å². The summed E-state index contributed by atoms with van der Waals surface area (Å²) in [6, 6.07) is 0. The molecule has 1 aromatic heterocycles. The van der Waals surface area contributed by atoms with Crippen LogP contribution in [0.5, 0.6) is 0 Å². The molecule has 1 aromatic rings. The highest BCUT2D eigenvalue weighted by molar-refractivity contribution is 5.24. The first kappa shape index (κ1) is 6.89. The second-order valence-electron chi connectivity index (χ2n) is 3.57. The van der Waals surface area contributed by atoms with Gasteiger partial charge in [-0.3, -0.25) is 0 Å². The molecule has 1 fully saturated rings. The van der Waals surface area contributed by atoms with Crippen molar-refractivity contribution in [3.05, 3.63) is 17.5 Å². The van der Waals surface area contributed by atoms with Gasteiger partial charge in [-0.05, 0) is 18.8 Å². The highest BCUT2D eigenvalue weighted by Gasteiger charge is 2.30. The topological polar surface area (TPSA) is 26.0 Å². The number of rotatable bonds is 2. The van der Waals surface area contributed by atoms with Gasteiger partial charge in [0.1, 0.15) is 5.76 Å². The predicted molar refractivity (Wildman–Crippen MR) is 42.6 cm³/mol. The Labute approximate surface area is 66.6 Å². The van der Waals surface area contributed by atoms with E-state index >= 15 is 0 Å².